The molecule has 0 unspecified atom stereocenters. The lowest BCUT2D eigenvalue weighted by molar-refractivity contribution is 0.475. The Morgan fingerprint density at radius 1 is 0.826 bits per heavy atom. The molecule has 4 aromatic rings. The third kappa shape index (κ3) is 2.45. The second-order valence-electron chi connectivity index (χ2n) is 5.31. The van der Waals surface area contributed by atoms with Crippen molar-refractivity contribution in [2.75, 3.05) is 5.32 Å². The minimum absolute atomic E-state index is 0.144. The molecular weight excluding hydrogens is 308 g/mol. The molecule has 1 heterocycles. The van der Waals surface area contributed by atoms with E-state index in [4.69, 9.17) is 16.6 Å². The number of hydrogen-bond donors (Lipinski definition) is 2. The van der Waals surface area contributed by atoms with Crippen LogP contribution in [0.15, 0.2) is 66.7 Å². The summed E-state index contributed by atoms with van der Waals surface area (Å²) in [5, 5.41) is 15.4. The summed E-state index contributed by atoms with van der Waals surface area (Å²) in [6.45, 7) is 0. The Bertz CT molecular complexity index is 976. The van der Waals surface area contributed by atoms with Crippen LogP contribution in [0.5, 0.6) is 5.75 Å². The monoisotopic (exact) mass is 320 g/mol. The molecule has 3 nitrogen and oxygen atoms in total. The highest BCUT2D eigenvalue weighted by molar-refractivity contribution is 6.33. The van der Waals surface area contributed by atoms with Gasteiger partial charge in [-0.15, -0.1) is 0 Å². The van der Waals surface area contributed by atoms with E-state index in [2.05, 4.69) is 5.32 Å². The first-order valence-electron chi connectivity index (χ1n) is 7.25. The van der Waals surface area contributed by atoms with Gasteiger partial charge in [0.25, 0.3) is 0 Å². The number of phenols is 1. The van der Waals surface area contributed by atoms with Crippen molar-refractivity contribution in [3.05, 3.63) is 71.8 Å². The van der Waals surface area contributed by atoms with Crippen molar-refractivity contribution in [2.45, 2.75) is 0 Å². The molecule has 4 heteroatoms. The number of fused-ring (bicyclic) bond motifs is 2. The highest BCUT2D eigenvalue weighted by Gasteiger charge is 2.10. The van der Waals surface area contributed by atoms with Gasteiger partial charge in [-0.3, -0.25) is 0 Å². The molecule has 23 heavy (non-hydrogen) atoms. The van der Waals surface area contributed by atoms with E-state index in [1.165, 1.54) is 6.07 Å². The van der Waals surface area contributed by atoms with Gasteiger partial charge in [0.2, 0.25) is 0 Å². The number of pyridine rings is 1. The molecule has 3 aromatic carbocycles. The Morgan fingerprint density at radius 2 is 1.43 bits per heavy atom. The Labute approximate surface area is 138 Å². The number of para-hydroxylation sites is 2. The molecule has 1 aromatic heterocycles. The number of benzene rings is 3. The van der Waals surface area contributed by atoms with E-state index in [0.717, 1.165) is 33.2 Å². The Balaban J connectivity index is 1.99. The summed E-state index contributed by atoms with van der Waals surface area (Å²) >= 11 is 6.24. The smallest absolute Gasteiger partial charge is 0.117 e. The van der Waals surface area contributed by atoms with E-state index in [0.29, 0.717) is 5.02 Å². The van der Waals surface area contributed by atoms with E-state index in [1.54, 1.807) is 12.1 Å². The van der Waals surface area contributed by atoms with Gasteiger partial charge in [0.15, 0.2) is 0 Å². The summed E-state index contributed by atoms with van der Waals surface area (Å²) in [5.74, 6) is 0.144. The number of aromatic nitrogens is 1. The van der Waals surface area contributed by atoms with Crippen molar-refractivity contribution in [2.24, 2.45) is 0 Å². The summed E-state index contributed by atoms with van der Waals surface area (Å²) < 4.78 is 0. The molecule has 0 saturated heterocycles. The molecule has 0 radical (unpaired) electrons. The van der Waals surface area contributed by atoms with Crippen LogP contribution >= 0.6 is 11.6 Å². The van der Waals surface area contributed by atoms with Crippen molar-refractivity contribution >= 4 is 44.8 Å². The maximum Gasteiger partial charge on any atom is 0.117 e. The van der Waals surface area contributed by atoms with Gasteiger partial charge in [0, 0.05) is 16.8 Å². The number of phenolic OH excluding ortho intramolecular Hbond substituents is 1. The molecule has 0 aliphatic rings. The molecule has 0 saturated carbocycles. The van der Waals surface area contributed by atoms with Crippen LogP contribution in [0.3, 0.4) is 0 Å². The van der Waals surface area contributed by atoms with Crippen LogP contribution in [0.25, 0.3) is 21.8 Å². The topological polar surface area (TPSA) is 45.1 Å². The molecular formula is C19H13ClN2O. The zero-order valence-electron chi connectivity index (χ0n) is 12.1. The van der Waals surface area contributed by atoms with Crippen LogP contribution < -0.4 is 5.32 Å². The Morgan fingerprint density at radius 3 is 2.04 bits per heavy atom. The summed E-state index contributed by atoms with van der Waals surface area (Å²) in [5.41, 5.74) is 3.54. The quantitative estimate of drug-likeness (QED) is 0.379. The van der Waals surface area contributed by atoms with E-state index in [9.17, 15) is 5.11 Å². The van der Waals surface area contributed by atoms with Crippen molar-refractivity contribution in [3.63, 3.8) is 0 Å². The third-order valence-electron chi connectivity index (χ3n) is 3.80. The summed E-state index contributed by atoms with van der Waals surface area (Å²) in [6.07, 6.45) is 0. The molecule has 0 aliphatic carbocycles. The van der Waals surface area contributed by atoms with E-state index in [-0.39, 0.29) is 5.75 Å². The molecule has 0 fully saturated rings. The molecule has 0 aliphatic heterocycles. The zero-order valence-corrected chi connectivity index (χ0v) is 12.9. The minimum Gasteiger partial charge on any atom is -0.508 e. The van der Waals surface area contributed by atoms with Gasteiger partial charge in [-0.05, 0) is 24.3 Å². The lowest BCUT2D eigenvalue weighted by Crippen LogP contribution is -1.95. The van der Waals surface area contributed by atoms with Gasteiger partial charge in [-0.1, -0.05) is 48.0 Å². The number of nitrogens with one attached hydrogen (secondary N) is 1. The fraction of sp³-hybridized carbons (Fsp3) is 0. The lowest BCUT2D eigenvalue weighted by atomic mass is 10.1. The average Bonchev–Trinajstić information content (AvgIpc) is 2.56. The van der Waals surface area contributed by atoms with Crippen molar-refractivity contribution in [1.82, 2.24) is 4.98 Å². The van der Waals surface area contributed by atoms with Gasteiger partial charge in [-0.25, -0.2) is 4.98 Å². The molecule has 4 rings (SSSR count). The fourth-order valence-electron chi connectivity index (χ4n) is 2.71. The highest BCUT2D eigenvalue weighted by Crippen LogP contribution is 2.35. The van der Waals surface area contributed by atoms with Gasteiger partial charge >= 0.3 is 0 Å². The lowest BCUT2D eigenvalue weighted by Gasteiger charge is -2.14. The van der Waals surface area contributed by atoms with Crippen LogP contribution in [-0.4, -0.2) is 10.1 Å². The van der Waals surface area contributed by atoms with E-state index in [1.807, 2.05) is 48.5 Å². The first-order chi connectivity index (χ1) is 11.2. The predicted octanol–water partition coefficient (Wildman–Crippen LogP) is 5.49. The van der Waals surface area contributed by atoms with Gasteiger partial charge in [0.1, 0.15) is 5.75 Å². The van der Waals surface area contributed by atoms with Crippen LogP contribution in [0.4, 0.5) is 11.4 Å². The van der Waals surface area contributed by atoms with Crippen molar-refractivity contribution < 1.29 is 5.11 Å². The average molecular weight is 321 g/mol. The number of hydrogen-bond acceptors (Lipinski definition) is 3. The van der Waals surface area contributed by atoms with Crippen LogP contribution in [0, 0.1) is 0 Å². The maximum atomic E-state index is 9.52. The number of nitrogens with zero attached hydrogens (tertiary/aromatic N) is 1. The van der Waals surface area contributed by atoms with Crippen LogP contribution in [0.1, 0.15) is 0 Å². The molecule has 0 spiro atoms. The summed E-state index contributed by atoms with van der Waals surface area (Å²) in [6, 6.07) is 20.9. The standard InChI is InChI=1S/C19H13ClN2O/c20-15-11-12(23)9-10-18(15)22-19-13-5-1-3-7-16(13)21-17-8-4-2-6-14(17)19/h1-11,23H,(H,21,22). The zero-order chi connectivity index (χ0) is 15.8. The molecule has 0 bridgehead atoms. The van der Waals surface area contributed by atoms with Gasteiger partial charge in [0.05, 0.1) is 27.4 Å². The summed E-state index contributed by atoms with van der Waals surface area (Å²) in [4.78, 5) is 4.70. The number of anilines is 2. The van der Waals surface area contributed by atoms with Crippen molar-refractivity contribution in [3.8, 4) is 5.75 Å². The fourth-order valence-corrected chi connectivity index (χ4v) is 2.94. The molecule has 2 N–H and O–H groups in total. The van der Waals surface area contributed by atoms with Crippen LogP contribution in [-0.2, 0) is 0 Å². The van der Waals surface area contributed by atoms with E-state index >= 15 is 0 Å². The normalized spacial score (nSPS) is 11.0. The molecule has 112 valence electrons. The number of rotatable bonds is 2. The Hall–Kier alpha value is -2.78. The minimum atomic E-state index is 0.144. The highest BCUT2D eigenvalue weighted by atomic mass is 35.5. The van der Waals surface area contributed by atoms with E-state index < -0.39 is 0 Å². The number of aromatic hydroxyl groups is 1. The van der Waals surface area contributed by atoms with Crippen LogP contribution in [0.2, 0.25) is 5.02 Å². The maximum absolute atomic E-state index is 9.52. The van der Waals surface area contributed by atoms with Gasteiger partial charge < -0.3 is 10.4 Å². The first kappa shape index (κ1) is 13.9. The number of halogens is 1. The third-order valence-corrected chi connectivity index (χ3v) is 4.11. The first-order valence-corrected chi connectivity index (χ1v) is 7.63. The summed E-state index contributed by atoms with van der Waals surface area (Å²) in [7, 11) is 0. The largest absolute Gasteiger partial charge is 0.508 e. The van der Waals surface area contributed by atoms with Crippen molar-refractivity contribution in [1.29, 1.82) is 0 Å². The Kier molecular flexibility index (Phi) is 3.28. The second kappa shape index (κ2) is 5.45. The van der Waals surface area contributed by atoms with Gasteiger partial charge in [-0.2, -0.15) is 0 Å². The second-order valence-corrected chi connectivity index (χ2v) is 5.72. The predicted molar refractivity (Wildman–Crippen MR) is 95.6 cm³/mol. The SMILES string of the molecule is Oc1ccc(Nc2c3ccccc3nc3ccccc23)c(Cl)c1. The molecule has 0 amide bonds. The molecule has 0 atom stereocenters.